The van der Waals surface area contributed by atoms with Crippen LogP contribution in [0.5, 0.6) is 11.6 Å². The number of nitrogens with zero attached hydrogens (tertiary/aromatic N) is 2. The molecule has 30 heavy (non-hydrogen) atoms. The summed E-state index contributed by atoms with van der Waals surface area (Å²) in [6.07, 6.45) is 0. The summed E-state index contributed by atoms with van der Waals surface area (Å²) in [7, 11) is 0. The molecule has 0 aliphatic heterocycles. The van der Waals surface area contributed by atoms with Gasteiger partial charge < -0.3 is 14.8 Å². The summed E-state index contributed by atoms with van der Waals surface area (Å²) in [5.74, 6) is 1.36. The van der Waals surface area contributed by atoms with Crippen LogP contribution < -0.4 is 14.8 Å². The average molecular weight is 405 g/mol. The van der Waals surface area contributed by atoms with Crippen molar-refractivity contribution in [2.24, 2.45) is 0 Å². The van der Waals surface area contributed by atoms with Crippen LogP contribution in [0.4, 0.5) is 0 Å². The number of benzene rings is 2. The molecule has 6 heteroatoms. The number of carbonyl (C=O) groups is 1. The number of aromatic nitrogens is 2. The lowest BCUT2D eigenvalue weighted by Crippen LogP contribution is -2.32. The first-order valence-corrected chi connectivity index (χ1v) is 10.0. The molecule has 1 aromatic heterocycles. The highest BCUT2D eigenvalue weighted by molar-refractivity contribution is 5.77. The van der Waals surface area contributed by atoms with Gasteiger partial charge in [0.05, 0.1) is 12.2 Å². The molecule has 0 bridgehead atoms. The monoisotopic (exact) mass is 405 g/mol. The van der Waals surface area contributed by atoms with Crippen LogP contribution in [0.3, 0.4) is 0 Å². The van der Waals surface area contributed by atoms with E-state index >= 15 is 0 Å². The van der Waals surface area contributed by atoms with E-state index in [-0.39, 0.29) is 12.5 Å². The molecule has 0 aliphatic carbocycles. The third kappa shape index (κ3) is 6.30. The van der Waals surface area contributed by atoms with Crippen molar-refractivity contribution >= 4 is 5.91 Å². The van der Waals surface area contributed by atoms with Crippen molar-refractivity contribution in [1.29, 1.82) is 0 Å². The van der Waals surface area contributed by atoms with E-state index in [1.807, 2.05) is 61.5 Å². The third-order valence-corrected chi connectivity index (χ3v) is 4.58. The molecule has 1 amide bonds. The van der Waals surface area contributed by atoms with Crippen LogP contribution in [0.25, 0.3) is 11.3 Å². The summed E-state index contributed by atoms with van der Waals surface area (Å²) < 4.78 is 11.0. The molecule has 0 saturated heterocycles. The second kappa shape index (κ2) is 10.4. The zero-order chi connectivity index (χ0) is 21.3. The molecule has 0 atom stereocenters. The second-order valence-corrected chi connectivity index (χ2v) is 7.33. The third-order valence-electron chi connectivity index (χ3n) is 4.58. The summed E-state index contributed by atoms with van der Waals surface area (Å²) in [6.45, 7) is 6.93. The molecule has 3 rings (SSSR count). The Hall–Kier alpha value is -3.41. The number of hydrogen-bond donors (Lipinski definition) is 1. The standard InChI is InChI=1S/C24H27N3O3/c1-17(2)19-8-10-21(11-9-19)30-16-23(28)25-14-15-29-24-13-12-22(26-27-24)20-6-4-18(3)5-7-20/h4-13,17H,14-16H2,1-3H3,(H,25,28). The van der Waals surface area contributed by atoms with E-state index in [1.54, 1.807) is 6.07 Å². The molecule has 0 saturated carbocycles. The van der Waals surface area contributed by atoms with Crippen LogP contribution in [-0.2, 0) is 4.79 Å². The predicted molar refractivity (Wildman–Crippen MR) is 117 cm³/mol. The molecule has 0 spiro atoms. The van der Waals surface area contributed by atoms with Gasteiger partial charge in [0.2, 0.25) is 5.88 Å². The number of ether oxygens (including phenoxy) is 2. The minimum Gasteiger partial charge on any atom is -0.484 e. The van der Waals surface area contributed by atoms with Crippen molar-refractivity contribution < 1.29 is 14.3 Å². The van der Waals surface area contributed by atoms with E-state index in [9.17, 15) is 4.79 Å². The molecular formula is C24H27N3O3. The molecular weight excluding hydrogens is 378 g/mol. The van der Waals surface area contributed by atoms with Gasteiger partial charge in [0.1, 0.15) is 12.4 Å². The van der Waals surface area contributed by atoms with E-state index in [0.29, 0.717) is 30.7 Å². The summed E-state index contributed by atoms with van der Waals surface area (Å²) >= 11 is 0. The van der Waals surface area contributed by atoms with Crippen molar-refractivity contribution in [2.45, 2.75) is 26.7 Å². The molecule has 0 aliphatic rings. The Balaban J connectivity index is 1.36. The molecule has 0 unspecified atom stereocenters. The molecule has 0 radical (unpaired) electrons. The summed E-state index contributed by atoms with van der Waals surface area (Å²) in [5, 5.41) is 11.0. The fourth-order valence-corrected chi connectivity index (χ4v) is 2.77. The Labute approximate surface area is 177 Å². The van der Waals surface area contributed by atoms with Crippen LogP contribution >= 0.6 is 0 Å². The number of nitrogens with one attached hydrogen (secondary N) is 1. The highest BCUT2D eigenvalue weighted by Gasteiger charge is 2.05. The van der Waals surface area contributed by atoms with Gasteiger partial charge in [-0.1, -0.05) is 55.8 Å². The SMILES string of the molecule is Cc1ccc(-c2ccc(OCCNC(=O)COc3ccc(C(C)C)cc3)nn2)cc1. The smallest absolute Gasteiger partial charge is 0.258 e. The first-order valence-electron chi connectivity index (χ1n) is 10.0. The van der Waals surface area contributed by atoms with Crippen LogP contribution in [0.2, 0.25) is 0 Å². The minimum atomic E-state index is -0.202. The summed E-state index contributed by atoms with van der Waals surface area (Å²) in [5.41, 5.74) is 4.22. The maximum atomic E-state index is 11.9. The molecule has 1 heterocycles. The van der Waals surface area contributed by atoms with Crippen LogP contribution in [0.1, 0.15) is 30.9 Å². The lowest BCUT2D eigenvalue weighted by Gasteiger charge is -2.10. The van der Waals surface area contributed by atoms with Crippen LogP contribution in [0, 0.1) is 6.92 Å². The van der Waals surface area contributed by atoms with Gasteiger partial charge in [0.25, 0.3) is 5.91 Å². The van der Waals surface area contributed by atoms with Gasteiger partial charge in [-0.15, -0.1) is 10.2 Å². The first-order chi connectivity index (χ1) is 14.5. The lowest BCUT2D eigenvalue weighted by molar-refractivity contribution is -0.123. The molecule has 2 aromatic carbocycles. The maximum absolute atomic E-state index is 11.9. The van der Waals surface area contributed by atoms with Gasteiger partial charge in [-0.2, -0.15) is 0 Å². The first kappa shape index (κ1) is 21.3. The zero-order valence-electron chi connectivity index (χ0n) is 17.6. The largest absolute Gasteiger partial charge is 0.484 e. The highest BCUT2D eigenvalue weighted by atomic mass is 16.5. The zero-order valence-corrected chi connectivity index (χ0v) is 17.6. The van der Waals surface area contributed by atoms with E-state index < -0.39 is 0 Å². The van der Waals surface area contributed by atoms with E-state index in [2.05, 4.69) is 29.4 Å². The van der Waals surface area contributed by atoms with Gasteiger partial charge >= 0.3 is 0 Å². The fraction of sp³-hybridized carbons (Fsp3) is 0.292. The topological polar surface area (TPSA) is 73.3 Å². The van der Waals surface area contributed by atoms with Crippen molar-refractivity contribution in [2.75, 3.05) is 19.8 Å². The molecule has 156 valence electrons. The minimum absolute atomic E-state index is 0.0356. The maximum Gasteiger partial charge on any atom is 0.258 e. The van der Waals surface area contributed by atoms with E-state index in [1.165, 1.54) is 11.1 Å². The van der Waals surface area contributed by atoms with E-state index in [0.717, 1.165) is 11.3 Å². The van der Waals surface area contributed by atoms with Crippen molar-refractivity contribution in [3.63, 3.8) is 0 Å². The average Bonchev–Trinajstić information content (AvgIpc) is 2.76. The molecule has 1 N–H and O–H groups in total. The highest BCUT2D eigenvalue weighted by Crippen LogP contribution is 2.19. The Kier molecular flexibility index (Phi) is 7.38. The fourth-order valence-electron chi connectivity index (χ4n) is 2.77. The normalized spacial score (nSPS) is 10.7. The van der Waals surface area contributed by atoms with Crippen LogP contribution in [-0.4, -0.2) is 35.9 Å². The number of aryl methyl sites for hydroxylation is 1. The number of hydrogen-bond acceptors (Lipinski definition) is 5. The number of carbonyl (C=O) groups excluding carboxylic acids is 1. The quantitative estimate of drug-likeness (QED) is 0.542. The predicted octanol–water partition coefficient (Wildman–Crippen LogP) is 4.15. The number of rotatable bonds is 9. The summed E-state index contributed by atoms with van der Waals surface area (Å²) in [4.78, 5) is 11.9. The van der Waals surface area contributed by atoms with Gasteiger partial charge in [-0.3, -0.25) is 4.79 Å². The summed E-state index contributed by atoms with van der Waals surface area (Å²) in [6, 6.07) is 19.5. The van der Waals surface area contributed by atoms with Gasteiger partial charge in [-0.05, 0) is 36.6 Å². The van der Waals surface area contributed by atoms with Crippen molar-refractivity contribution in [3.05, 3.63) is 71.8 Å². The van der Waals surface area contributed by atoms with Gasteiger partial charge in [0, 0.05) is 11.6 Å². The van der Waals surface area contributed by atoms with Crippen molar-refractivity contribution in [3.8, 4) is 22.9 Å². The van der Waals surface area contributed by atoms with E-state index in [4.69, 9.17) is 9.47 Å². The molecule has 6 nitrogen and oxygen atoms in total. The molecule has 3 aromatic rings. The lowest BCUT2D eigenvalue weighted by atomic mass is 10.0. The Bertz CT molecular complexity index is 937. The van der Waals surface area contributed by atoms with Gasteiger partial charge in [0.15, 0.2) is 6.61 Å². The molecule has 0 fully saturated rings. The second-order valence-electron chi connectivity index (χ2n) is 7.33. The Morgan fingerprint density at radius 2 is 1.67 bits per heavy atom. The van der Waals surface area contributed by atoms with Crippen molar-refractivity contribution in [1.82, 2.24) is 15.5 Å². The Morgan fingerprint density at radius 1 is 0.933 bits per heavy atom. The van der Waals surface area contributed by atoms with Gasteiger partial charge in [-0.25, -0.2) is 0 Å². The Morgan fingerprint density at radius 3 is 2.30 bits per heavy atom. The number of amides is 1. The van der Waals surface area contributed by atoms with Crippen LogP contribution in [0.15, 0.2) is 60.7 Å².